The van der Waals surface area contributed by atoms with Gasteiger partial charge in [0.15, 0.2) is 0 Å². The number of nitrogens with zero attached hydrogens (tertiary/aromatic N) is 2. The van der Waals surface area contributed by atoms with Crippen LogP contribution in [0.5, 0.6) is 0 Å². The molecule has 0 aliphatic carbocycles. The number of rotatable bonds is 2. The lowest BCUT2D eigenvalue weighted by atomic mass is 10.4. The van der Waals surface area contributed by atoms with E-state index in [4.69, 9.17) is 6.42 Å². The van der Waals surface area contributed by atoms with E-state index in [1.165, 1.54) is 0 Å². The first kappa shape index (κ1) is 8.82. The Labute approximate surface area is 72.1 Å². The van der Waals surface area contributed by atoms with Gasteiger partial charge in [0.1, 0.15) is 11.9 Å². The van der Waals surface area contributed by atoms with E-state index >= 15 is 0 Å². The molecule has 0 radical (unpaired) electrons. The maximum absolute atomic E-state index is 9.29. The van der Waals surface area contributed by atoms with Crippen molar-refractivity contribution in [2.24, 2.45) is 0 Å². The summed E-state index contributed by atoms with van der Waals surface area (Å²) in [5, 5.41) is 9.29. The summed E-state index contributed by atoms with van der Waals surface area (Å²) < 4.78 is 1.82. The van der Waals surface area contributed by atoms with E-state index in [1.807, 2.05) is 11.5 Å². The zero-order valence-corrected chi connectivity index (χ0v) is 7.28. The number of aryl methyl sites for hydroxylation is 1. The zero-order chi connectivity index (χ0) is 9.14. The van der Waals surface area contributed by atoms with Crippen molar-refractivity contribution in [3.63, 3.8) is 0 Å². The van der Waals surface area contributed by atoms with Gasteiger partial charge in [0.05, 0.1) is 6.54 Å². The van der Waals surface area contributed by atoms with Crippen molar-refractivity contribution in [3.8, 4) is 12.3 Å². The quantitative estimate of drug-likeness (QED) is 0.659. The minimum absolute atomic E-state index is 0.464. The molecule has 1 aromatic heterocycles. The van der Waals surface area contributed by atoms with Gasteiger partial charge in [-0.25, -0.2) is 4.98 Å². The molecule has 0 bridgehead atoms. The van der Waals surface area contributed by atoms with Crippen molar-refractivity contribution < 1.29 is 5.11 Å². The Hall–Kier alpha value is -1.27. The van der Waals surface area contributed by atoms with Crippen LogP contribution in [0.2, 0.25) is 0 Å². The van der Waals surface area contributed by atoms with E-state index < -0.39 is 6.10 Å². The SMILES string of the molecule is C#CCn1c(C)cnc1C(C)O. The molecule has 0 spiro atoms. The lowest BCUT2D eigenvalue weighted by Crippen LogP contribution is -2.07. The molecule has 1 N–H and O–H groups in total. The van der Waals surface area contributed by atoms with E-state index in [2.05, 4.69) is 10.9 Å². The van der Waals surface area contributed by atoms with E-state index in [0.717, 1.165) is 5.69 Å². The average Bonchev–Trinajstić information content (AvgIpc) is 2.34. The van der Waals surface area contributed by atoms with Gasteiger partial charge < -0.3 is 9.67 Å². The third-order valence-corrected chi connectivity index (χ3v) is 1.71. The molecular formula is C9H12N2O. The Morgan fingerprint density at radius 3 is 3.00 bits per heavy atom. The van der Waals surface area contributed by atoms with Gasteiger partial charge in [-0.2, -0.15) is 0 Å². The standard InChI is InChI=1S/C9H12N2O/c1-4-5-11-7(2)6-10-9(11)8(3)12/h1,6,8,12H,5H2,2-3H3. The van der Waals surface area contributed by atoms with Gasteiger partial charge in [-0.05, 0) is 13.8 Å². The maximum Gasteiger partial charge on any atom is 0.138 e. The minimum atomic E-state index is -0.563. The molecule has 12 heavy (non-hydrogen) atoms. The molecule has 0 aliphatic heterocycles. The van der Waals surface area contributed by atoms with Crippen molar-refractivity contribution in [3.05, 3.63) is 17.7 Å². The molecule has 1 rings (SSSR count). The Bertz CT molecular complexity index is 307. The van der Waals surface area contributed by atoms with Crippen molar-refractivity contribution >= 4 is 0 Å². The van der Waals surface area contributed by atoms with Crippen LogP contribution < -0.4 is 0 Å². The minimum Gasteiger partial charge on any atom is -0.385 e. The van der Waals surface area contributed by atoms with Gasteiger partial charge in [0.25, 0.3) is 0 Å². The summed E-state index contributed by atoms with van der Waals surface area (Å²) in [6.07, 6.45) is 6.32. The van der Waals surface area contributed by atoms with E-state index in [0.29, 0.717) is 12.4 Å². The van der Waals surface area contributed by atoms with Gasteiger partial charge in [0, 0.05) is 11.9 Å². The number of imidazole rings is 1. The highest BCUT2D eigenvalue weighted by Gasteiger charge is 2.09. The topological polar surface area (TPSA) is 38.0 Å². The molecule has 0 aromatic carbocycles. The molecule has 1 unspecified atom stereocenters. The smallest absolute Gasteiger partial charge is 0.138 e. The summed E-state index contributed by atoms with van der Waals surface area (Å²) in [5.41, 5.74) is 0.976. The largest absolute Gasteiger partial charge is 0.385 e. The number of terminal acetylenes is 1. The number of hydrogen-bond acceptors (Lipinski definition) is 2. The van der Waals surface area contributed by atoms with Crippen LogP contribution in [0.15, 0.2) is 6.20 Å². The second-order valence-corrected chi connectivity index (χ2v) is 2.72. The maximum atomic E-state index is 9.29. The van der Waals surface area contributed by atoms with E-state index in [1.54, 1.807) is 13.1 Å². The summed E-state index contributed by atoms with van der Waals surface area (Å²) in [6, 6.07) is 0. The van der Waals surface area contributed by atoms with Gasteiger partial charge in [0.2, 0.25) is 0 Å². The molecule has 3 heteroatoms. The third-order valence-electron chi connectivity index (χ3n) is 1.71. The first-order valence-corrected chi connectivity index (χ1v) is 3.80. The molecule has 1 atom stereocenters. The molecule has 0 saturated carbocycles. The number of aliphatic hydroxyl groups excluding tert-OH is 1. The summed E-state index contributed by atoms with van der Waals surface area (Å²) in [4.78, 5) is 4.05. The predicted octanol–water partition coefficient (Wildman–Crippen LogP) is 0.878. The Morgan fingerprint density at radius 1 is 1.83 bits per heavy atom. The van der Waals surface area contributed by atoms with Crippen molar-refractivity contribution in [2.75, 3.05) is 0 Å². The lowest BCUT2D eigenvalue weighted by Gasteiger charge is -2.07. The predicted molar refractivity (Wildman–Crippen MR) is 46.4 cm³/mol. The molecule has 0 aliphatic rings. The van der Waals surface area contributed by atoms with Crippen LogP contribution in [0.25, 0.3) is 0 Å². The van der Waals surface area contributed by atoms with Crippen molar-refractivity contribution in [1.29, 1.82) is 0 Å². The highest BCUT2D eigenvalue weighted by molar-refractivity contribution is 5.07. The fourth-order valence-electron chi connectivity index (χ4n) is 1.11. The summed E-state index contributed by atoms with van der Waals surface area (Å²) in [6.45, 7) is 4.05. The molecule has 64 valence electrons. The highest BCUT2D eigenvalue weighted by atomic mass is 16.3. The van der Waals surface area contributed by atoms with Crippen LogP contribution in [0.1, 0.15) is 24.5 Å². The fraction of sp³-hybridized carbons (Fsp3) is 0.444. The third kappa shape index (κ3) is 1.49. The van der Waals surface area contributed by atoms with Gasteiger partial charge >= 0.3 is 0 Å². The molecule has 0 amide bonds. The van der Waals surface area contributed by atoms with E-state index in [9.17, 15) is 5.11 Å². The normalized spacial score (nSPS) is 12.5. The summed E-state index contributed by atoms with van der Waals surface area (Å²) in [7, 11) is 0. The first-order chi connectivity index (χ1) is 5.66. The number of aromatic nitrogens is 2. The number of aliphatic hydroxyl groups is 1. The van der Waals surface area contributed by atoms with Crippen LogP contribution in [0, 0.1) is 19.3 Å². The van der Waals surface area contributed by atoms with Crippen LogP contribution in [-0.2, 0) is 6.54 Å². The Kier molecular flexibility index (Phi) is 2.51. The zero-order valence-electron chi connectivity index (χ0n) is 7.28. The monoisotopic (exact) mass is 164 g/mol. The molecule has 1 aromatic rings. The second kappa shape index (κ2) is 3.42. The summed E-state index contributed by atoms with van der Waals surface area (Å²) >= 11 is 0. The van der Waals surface area contributed by atoms with Crippen molar-refractivity contribution in [2.45, 2.75) is 26.5 Å². The Morgan fingerprint density at radius 2 is 2.50 bits per heavy atom. The lowest BCUT2D eigenvalue weighted by molar-refractivity contribution is 0.184. The second-order valence-electron chi connectivity index (χ2n) is 2.72. The molecule has 1 heterocycles. The fourth-order valence-corrected chi connectivity index (χ4v) is 1.11. The summed E-state index contributed by atoms with van der Waals surface area (Å²) in [5.74, 6) is 3.15. The first-order valence-electron chi connectivity index (χ1n) is 3.80. The van der Waals surface area contributed by atoms with Crippen LogP contribution in [0.4, 0.5) is 0 Å². The molecule has 0 saturated heterocycles. The van der Waals surface area contributed by atoms with Crippen LogP contribution in [-0.4, -0.2) is 14.7 Å². The van der Waals surface area contributed by atoms with E-state index in [-0.39, 0.29) is 0 Å². The van der Waals surface area contributed by atoms with Crippen LogP contribution >= 0.6 is 0 Å². The highest BCUT2D eigenvalue weighted by Crippen LogP contribution is 2.11. The van der Waals surface area contributed by atoms with Crippen LogP contribution in [0.3, 0.4) is 0 Å². The molecular weight excluding hydrogens is 152 g/mol. The Balaban J connectivity index is 3.05. The molecule has 0 fully saturated rings. The average molecular weight is 164 g/mol. The molecule has 3 nitrogen and oxygen atoms in total. The number of hydrogen-bond donors (Lipinski definition) is 1. The van der Waals surface area contributed by atoms with Crippen molar-refractivity contribution in [1.82, 2.24) is 9.55 Å². The van der Waals surface area contributed by atoms with Gasteiger partial charge in [-0.3, -0.25) is 0 Å². The van der Waals surface area contributed by atoms with Gasteiger partial charge in [-0.1, -0.05) is 5.92 Å². The van der Waals surface area contributed by atoms with Gasteiger partial charge in [-0.15, -0.1) is 6.42 Å².